The van der Waals surface area contributed by atoms with E-state index >= 15 is 0 Å². The van der Waals surface area contributed by atoms with Crippen LogP contribution < -0.4 is 10.6 Å². The van der Waals surface area contributed by atoms with Gasteiger partial charge in [-0.1, -0.05) is 32.9 Å². The van der Waals surface area contributed by atoms with Crippen LogP contribution in [0.1, 0.15) is 32.8 Å². The monoisotopic (exact) mass is 328 g/mol. The van der Waals surface area contributed by atoms with Crippen molar-refractivity contribution >= 4 is 30.1 Å². The Morgan fingerprint density at radius 3 is 2.52 bits per heavy atom. The zero-order valence-electron chi connectivity index (χ0n) is 12.9. The first kappa shape index (κ1) is 18.3. The van der Waals surface area contributed by atoms with Gasteiger partial charge in [-0.05, 0) is 36.1 Å². The molecule has 0 aromatic heterocycles. The number of hydrogen-bond donors (Lipinski definition) is 2. The predicted molar refractivity (Wildman–Crippen MR) is 92.5 cm³/mol. The molecule has 1 amide bonds. The smallest absolute Gasteiger partial charge is 0.230 e. The summed E-state index contributed by atoms with van der Waals surface area (Å²) in [4.78, 5) is 13.0. The number of carbonyl (C=O) groups is 1. The van der Waals surface area contributed by atoms with Gasteiger partial charge < -0.3 is 10.6 Å². The summed E-state index contributed by atoms with van der Waals surface area (Å²) in [6.45, 7) is 8.53. The Morgan fingerprint density at radius 1 is 1.33 bits per heavy atom. The van der Waals surface area contributed by atoms with Crippen molar-refractivity contribution in [2.45, 2.75) is 43.5 Å². The molecule has 0 aliphatic carbocycles. The molecule has 0 radical (unpaired) electrons. The number of hydrogen-bond acceptors (Lipinski definition) is 3. The molecule has 1 atom stereocenters. The number of carbonyl (C=O) groups excluding carboxylic acids is 1. The van der Waals surface area contributed by atoms with Gasteiger partial charge in [0, 0.05) is 17.5 Å². The van der Waals surface area contributed by atoms with Gasteiger partial charge in [-0.25, -0.2) is 0 Å². The molecular formula is C16H25ClN2OS. The molecule has 1 unspecified atom stereocenters. The van der Waals surface area contributed by atoms with Crippen LogP contribution >= 0.6 is 24.2 Å². The van der Waals surface area contributed by atoms with Crippen LogP contribution in [0.4, 0.5) is 0 Å². The van der Waals surface area contributed by atoms with Crippen molar-refractivity contribution < 1.29 is 4.79 Å². The van der Waals surface area contributed by atoms with Crippen LogP contribution in [0.25, 0.3) is 0 Å². The van der Waals surface area contributed by atoms with E-state index in [1.807, 2.05) is 0 Å². The fourth-order valence-electron chi connectivity index (χ4n) is 2.25. The molecule has 2 rings (SSSR count). The van der Waals surface area contributed by atoms with Crippen molar-refractivity contribution in [3.05, 3.63) is 29.8 Å². The van der Waals surface area contributed by atoms with Crippen LogP contribution in [0.15, 0.2) is 29.2 Å². The molecule has 1 fully saturated rings. The normalized spacial score (nSPS) is 18.1. The Bertz CT molecular complexity index is 450. The van der Waals surface area contributed by atoms with Gasteiger partial charge in [0.15, 0.2) is 0 Å². The van der Waals surface area contributed by atoms with Gasteiger partial charge in [0.05, 0.1) is 5.75 Å². The zero-order chi connectivity index (χ0) is 14.6. The summed E-state index contributed by atoms with van der Waals surface area (Å²) in [6.07, 6.45) is 1.04. The number of rotatable bonds is 4. The van der Waals surface area contributed by atoms with E-state index in [2.05, 4.69) is 55.7 Å². The molecule has 0 saturated carbocycles. The topological polar surface area (TPSA) is 41.1 Å². The number of nitrogens with one attached hydrogen (secondary N) is 2. The maximum atomic E-state index is 11.8. The van der Waals surface area contributed by atoms with E-state index in [1.54, 1.807) is 11.8 Å². The molecule has 21 heavy (non-hydrogen) atoms. The second kappa shape index (κ2) is 8.06. The third-order valence-electron chi connectivity index (χ3n) is 3.52. The van der Waals surface area contributed by atoms with Crippen molar-refractivity contribution in [2.75, 3.05) is 18.8 Å². The summed E-state index contributed by atoms with van der Waals surface area (Å²) in [5.41, 5.74) is 1.50. The van der Waals surface area contributed by atoms with Crippen LogP contribution in [-0.2, 0) is 10.2 Å². The van der Waals surface area contributed by atoms with Gasteiger partial charge in [0.2, 0.25) is 5.91 Å². The molecule has 1 saturated heterocycles. The van der Waals surface area contributed by atoms with Gasteiger partial charge in [0.25, 0.3) is 0 Å². The summed E-state index contributed by atoms with van der Waals surface area (Å²) in [5, 5.41) is 6.31. The second-order valence-electron chi connectivity index (χ2n) is 6.32. The van der Waals surface area contributed by atoms with Crippen molar-refractivity contribution in [1.82, 2.24) is 10.6 Å². The SMILES string of the molecule is CC(C)(C)c1ccc(SCC(=O)NC2CCNC2)cc1.Cl. The summed E-state index contributed by atoms with van der Waals surface area (Å²) in [5.74, 6) is 0.620. The number of thioether (sulfide) groups is 1. The van der Waals surface area contributed by atoms with Gasteiger partial charge in [0.1, 0.15) is 0 Å². The highest BCUT2D eigenvalue weighted by atomic mass is 35.5. The number of benzene rings is 1. The molecule has 1 aliphatic rings. The maximum absolute atomic E-state index is 11.8. The molecule has 1 aromatic carbocycles. The summed E-state index contributed by atoms with van der Waals surface area (Å²) in [7, 11) is 0. The first-order chi connectivity index (χ1) is 9.45. The first-order valence-corrected chi connectivity index (χ1v) is 8.17. The van der Waals surface area contributed by atoms with Crippen molar-refractivity contribution in [3.63, 3.8) is 0 Å². The van der Waals surface area contributed by atoms with E-state index in [0.29, 0.717) is 11.8 Å². The minimum Gasteiger partial charge on any atom is -0.351 e. The highest BCUT2D eigenvalue weighted by Crippen LogP contribution is 2.25. The summed E-state index contributed by atoms with van der Waals surface area (Å²) in [6, 6.07) is 8.83. The van der Waals surface area contributed by atoms with E-state index in [4.69, 9.17) is 0 Å². The predicted octanol–water partition coefficient (Wildman–Crippen LogP) is 2.98. The Balaban J connectivity index is 0.00000220. The van der Waals surface area contributed by atoms with Crippen LogP contribution in [0, 0.1) is 0 Å². The minimum atomic E-state index is 0. The lowest BCUT2D eigenvalue weighted by molar-refractivity contribution is -0.119. The van der Waals surface area contributed by atoms with Crippen LogP contribution in [0.5, 0.6) is 0 Å². The number of amides is 1. The molecule has 1 heterocycles. The minimum absolute atomic E-state index is 0. The third-order valence-corrected chi connectivity index (χ3v) is 4.53. The lowest BCUT2D eigenvalue weighted by Gasteiger charge is -2.19. The average Bonchev–Trinajstić information content (AvgIpc) is 2.88. The molecule has 2 N–H and O–H groups in total. The fraction of sp³-hybridized carbons (Fsp3) is 0.562. The lowest BCUT2D eigenvalue weighted by atomic mass is 9.87. The van der Waals surface area contributed by atoms with E-state index in [0.717, 1.165) is 24.4 Å². The Morgan fingerprint density at radius 2 is 2.00 bits per heavy atom. The Kier molecular flexibility index (Phi) is 7.04. The van der Waals surface area contributed by atoms with Gasteiger partial charge in [-0.3, -0.25) is 4.79 Å². The van der Waals surface area contributed by atoms with Crippen molar-refractivity contribution in [3.8, 4) is 0 Å². The lowest BCUT2D eigenvalue weighted by Crippen LogP contribution is -2.37. The molecule has 5 heteroatoms. The number of halogens is 1. The van der Waals surface area contributed by atoms with Gasteiger partial charge in [-0.2, -0.15) is 0 Å². The molecular weight excluding hydrogens is 304 g/mol. The largest absolute Gasteiger partial charge is 0.351 e. The van der Waals surface area contributed by atoms with E-state index < -0.39 is 0 Å². The maximum Gasteiger partial charge on any atom is 0.230 e. The quantitative estimate of drug-likeness (QED) is 0.835. The third kappa shape index (κ3) is 5.89. The zero-order valence-corrected chi connectivity index (χ0v) is 14.6. The summed E-state index contributed by atoms with van der Waals surface area (Å²) < 4.78 is 0. The molecule has 3 nitrogen and oxygen atoms in total. The van der Waals surface area contributed by atoms with Crippen molar-refractivity contribution in [2.24, 2.45) is 0 Å². The average molecular weight is 329 g/mol. The van der Waals surface area contributed by atoms with Crippen molar-refractivity contribution in [1.29, 1.82) is 0 Å². The highest BCUT2D eigenvalue weighted by Gasteiger charge is 2.17. The van der Waals surface area contributed by atoms with Gasteiger partial charge >= 0.3 is 0 Å². The van der Waals surface area contributed by atoms with Gasteiger partial charge in [-0.15, -0.1) is 24.2 Å². The standard InChI is InChI=1S/C16H24N2OS.ClH/c1-16(2,3)12-4-6-14(7-5-12)20-11-15(19)18-13-8-9-17-10-13;/h4-7,13,17H,8-11H2,1-3H3,(H,18,19);1H. The molecule has 1 aromatic rings. The molecule has 0 bridgehead atoms. The molecule has 1 aliphatic heterocycles. The fourth-order valence-corrected chi connectivity index (χ4v) is 2.96. The van der Waals surface area contributed by atoms with E-state index in [1.165, 1.54) is 5.56 Å². The van der Waals surface area contributed by atoms with E-state index in [-0.39, 0.29) is 23.7 Å². The Hall–Kier alpha value is -0.710. The molecule has 0 spiro atoms. The van der Waals surface area contributed by atoms with Crippen LogP contribution in [-0.4, -0.2) is 30.8 Å². The summed E-state index contributed by atoms with van der Waals surface area (Å²) >= 11 is 1.60. The van der Waals surface area contributed by atoms with Crippen LogP contribution in [0.3, 0.4) is 0 Å². The first-order valence-electron chi connectivity index (χ1n) is 7.18. The van der Waals surface area contributed by atoms with Crippen LogP contribution in [0.2, 0.25) is 0 Å². The van der Waals surface area contributed by atoms with E-state index in [9.17, 15) is 4.79 Å². The second-order valence-corrected chi connectivity index (χ2v) is 7.37. The Labute approximate surface area is 138 Å². The molecule has 118 valence electrons. The highest BCUT2D eigenvalue weighted by molar-refractivity contribution is 8.00.